The van der Waals surface area contributed by atoms with E-state index < -0.39 is 11.9 Å². The molecule has 5 aromatic rings. The second-order valence-electron chi connectivity index (χ2n) is 10.2. The van der Waals surface area contributed by atoms with Crippen molar-refractivity contribution in [3.63, 3.8) is 0 Å². The van der Waals surface area contributed by atoms with Crippen LogP contribution >= 0.6 is 0 Å². The van der Waals surface area contributed by atoms with Crippen LogP contribution in [0.2, 0.25) is 0 Å². The highest BCUT2D eigenvalue weighted by molar-refractivity contribution is 5.96. The summed E-state index contributed by atoms with van der Waals surface area (Å²) in [6.07, 6.45) is 1.36. The van der Waals surface area contributed by atoms with Crippen LogP contribution in [0.5, 0.6) is 5.75 Å². The largest absolute Gasteiger partial charge is 0.494 e. The maximum absolute atomic E-state index is 13.7. The third-order valence-corrected chi connectivity index (χ3v) is 6.91. The Morgan fingerprint density at radius 1 is 1.02 bits per heavy atom. The summed E-state index contributed by atoms with van der Waals surface area (Å²) in [6.45, 7) is 8.50. The van der Waals surface area contributed by atoms with Crippen LogP contribution in [0.4, 0.5) is 0 Å². The average Bonchev–Trinajstić information content (AvgIpc) is 3.45. The summed E-state index contributed by atoms with van der Waals surface area (Å²) >= 11 is 0. The number of carbonyl (C=O) groups is 2. The molecular formula is C33H29N3O7. The van der Waals surface area contributed by atoms with Gasteiger partial charge in [0.1, 0.15) is 17.3 Å². The summed E-state index contributed by atoms with van der Waals surface area (Å²) in [5, 5.41) is 23.7. The molecule has 2 heterocycles. The lowest BCUT2D eigenvalue weighted by atomic mass is 9.96. The average molecular weight is 580 g/mol. The van der Waals surface area contributed by atoms with Gasteiger partial charge in [-0.05, 0) is 85.5 Å². The molecule has 0 saturated heterocycles. The van der Waals surface area contributed by atoms with Crippen molar-refractivity contribution in [3.8, 4) is 28.5 Å². The highest BCUT2D eigenvalue weighted by Gasteiger charge is 2.19. The molecule has 0 radical (unpaired) electrons. The molecule has 2 N–H and O–H groups in total. The van der Waals surface area contributed by atoms with Crippen LogP contribution < -0.4 is 10.3 Å². The highest BCUT2D eigenvalue weighted by atomic mass is 16.5. The topological polar surface area (TPSA) is 144 Å². The van der Waals surface area contributed by atoms with Gasteiger partial charge >= 0.3 is 11.9 Å². The number of hydrogen-bond acceptors (Lipinski definition) is 7. The minimum Gasteiger partial charge on any atom is -0.494 e. The molecule has 0 saturated carbocycles. The number of furan rings is 1. The number of para-hydroxylation sites is 1. The van der Waals surface area contributed by atoms with Gasteiger partial charge in [0.15, 0.2) is 5.82 Å². The third kappa shape index (κ3) is 5.80. The molecule has 43 heavy (non-hydrogen) atoms. The van der Waals surface area contributed by atoms with Gasteiger partial charge in [-0.2, -0.15) is 9.78 Å². The Bertz CT molecular complexity index is 1940. The summed E-state index contributed by atoms with van der Waals surface area (Å²) in [5.41, 5.74) is 2.60. The molecule has 0 bridgehead atoms. The van der Waals surface area contributed by atoms with Crippen LogP contribution in [-0.2, 0) is 0 Å². The van der Waals surface area contributed by atoms with Crippen LogP contribution in [0.15, 0.2) is 81.0 Å². The number of aryl methyl sites for hydroxylation is 1. The minimum atomic E-state index is -1.27. The van der Waals surface area contributed by atoms with Crippen molar-refractivity contribution >= 4 is 29.1 Å². The first-order valence-corrected chi connectivity index (χ1v) is 13.6. The van der Waals surface area contributed by atoms with Gasteiger partial charge in [-0.3, -0.25) is 4.79 Å². The number of carboxylic acid groups (broad SMARTS) is 2. The maximum Gasteiger partial charge on any atom is 0.335 e. The van der Waals surface area contributed by atoms with Crippen molar-refractivity contribution < 1.29 is 29.0 Å². The molecule has 0 spiro atoms. The summed E-state index contributed by atoms with van der Waals surface area (Å²) in [5.74, 6) is -0.775. The Labute approximate surface area is 246 Å². The van der Waals surface area contributed by atoms with Gasteiger partial charge in [0.05, 0.1) is 34.9 Å². The molecule has 0 aliphatic rings. The molecule has 0 unspecified atom stereocenters. The highest BCUT2D eigenvalue weighted by Crippen LogP contribution is 2.34. The Balaban J connectivity index is 1.63. The number of rotatable bonds is 9. The lowest BCUT2D eigenvalue weighted by Crippen LogP contribution is -2.20. The van der Waals surface area contributed by atoms with Crippen molar-refractivity contribution in [1.29, 1.82) is 0 Å². The van der Waals surface area contributed by atoms with Crippen LogP contribution in [-0.4, -0.2) is 44.6 Å². The standard InChI is InChI=1S/C33H29N3O7/c1-5-42-29-12-19(4)26(16-25(29)18(2)3)30-35-27-9-7-6-8-24(27)31(37)36(30)34-17-23-10-11-28(43-23)20-13-21(32(38)39)15-22(14-20)33(40)41/h6-18H,5H2,1-4H3,(H,38,39)(H,40,41). The van der Waals surface area contributed by atoms with Gasteiger partial charge in [-0.1, -0.05) is 26.0 Å². The summed E-state index contributed by atoms with van der Waals surface area (Å²) < 4.78 is 13.0. The number of ether oxygens (including phenoxy) is 1. The van der Waals surface area contributed by atoms with E-state index in [9.17, 15) is 24.6 Å². The second-order valence-corrected chi connectivity index (χ2v) is 10.2. The van der Waals surface area contributed by atoms with Crippen molar-refractivity contribution in [2.45, 2.75) is 33.6 Å². The van der Waals surface area contributed by atoms with E-state index >= 15 is 0 Å². The maximum atomic E-state index is 13.7. The minimum absolute atomic E-state index is 0.146. The van der Waals surface area contributed by atoms with Gasteiger partial charge in [0.2, 0.25) is 0 Å². The van der Waals surface area contributed by atoms with Crippen LogP contribution in [0.1, 0.15) is 64.3 Å². The fourth-order valence-corrected chi connectivity index (χ4v) is 4.78. The molecule has 2 aromatic heterocycles. The van der Waals surface area contributed by atoms with E-state index in [0.717, 1.165) is 28.5 Å². The van der Waals surface area contributed by atoms with Crippen molar-refractivity contribution in [2.75, 3.05) is 6.61 Å². The van der Waals surface area contributed by atoms with Crippen LogP contribution in [0, 0.1) is 6.92 Å². The van der Waals surface area contributed by atoms with Gasteiger partial charge in [0, 0.05) is 11.1 Å². The van der Waals surface area contributed by atoms with E-state index in [1.165, 1.54) is 23.0 Å². The number of aromatic carboxylic acids is 2. The van der Waals surface area contributed by atoms with Crippen LogP contribution in [0.25, 0.3) is 33.6 Å². The summed E-state index contributed by atoms with van der Waals surface area (Å²) in [6, 6.07) is 17.8. The first-order valence-electron chi connectivity index (χ1n) is 13.6. The summed E-state index contributed by atoms with van der Waals surface area (Å²) in [4.78, 5) is 41.6. The molecule has 218 valence electrons. The fourth-order valence-electron chi connectivity index (χ4n) is 4.78. The normalized spacial score (nSPS) is 11.5. The molecule has 0 amide bonds. The first kappa shape index (κ1) is 29.0. The zero-order valence-electron chi connectivity index (χ0n) is 24.0. The Morgan fingerprint density at radius 3 is 2.37 bits per heavy atom. The van der Waals surface area contributed by atoms with Gasteiger partial charge in [-0.15, -0.1) is 0 Å². The fraction of sp³-hybridized carbons (Fsp3) is 0.182. The van der Waals surface area contributed by atoms with Crippen LogP contribution in [0.3, 0.4) is 0 Å². The van der Waals surface area contributed by atoms with Gasteiger partial charge in [0.25, 0.3) is 5.56 Å². The molecule has 0 fully saturated rings. The number of nitrogens with zero attached hydrogens (tertiary/aromatic N) is 3. The van der Waals surface area contributed by atoms with E-state index in [2.05, 4.69) is 18.9 Å². The molecule has 0 atom stereocenters. The van der Waals surface area contributed by atoms with E-state index in [0.29, 0.717) is 23.3 Å². The van der Waals surface area contributed by atoms with Crippen molar-refractivity contribution in [1.82, 2.24) is 9.66 Å². The SMILES string of the molecule is CCOc1cc(C)c(-c2nc3ccccc3c(=O)n2N=Cc2ccc(-c3cc(C(=O)O)cc(C(=O)O)c3)o2)cc1C(C)C. The lowest BCUT2D eigenvalue weighted by molar-refractivity contribution is 0.0696. The molecule has 10 heteroatoms. The van der Waals surface area contributed by atoms with Crippen molar-refractivity contribution in [2.24, 2.45) is 5.10 Å². The van der Waals surface area contributed by atoms with E-state index in [-0.39, 0.29) is 39.7 Å². The monoisotopic (exact) mass is 579 g/mol. The zero-order chi connectivity index (χ0) is 30.8. The first-order chi connectivity index (χ1) is 20.6. The number of carboxylic acids is 2. The summed E-state index contributed by atoms with van der Waals surface area (Å²) in [7, 11) is 0. The third-order valence-electron chi connectivity index (χ3n) is 6.91. The van der Waals surface area contributed by atoms with Gasteiger partial charge < -0.3 is 19.4 Å². The second kappa shape index (κ2) is 11.8. The number of hydrogen-bond donors (Lipinski definition) is 2. The zero-order valence-corrected chi connectivity index (χ0v) is 24.0. The van der Waals surface area contributed by atoms with Gasteiger partial charge in [-0.25, -0.2) is 14.6 Å². The Kier molecular flexibility index (Phi) is 7.94. The number of aromatic nitrogens is 2. The molecule has 3 aromatic carbocycles. The smallest absolute Gasteiger partial charge is 0.335 e. The van der Waals surface area contributed by atoms with E-state index in [4.69, 9.17) is 14.1 Å². The van der Waals surface area contributed by atoms with Crippen molar-refractivity contribution in [3.05, 3.63) is 105 Å². The predicted molar refractivity (Wildman–Crippen MR) is 162 cm³/mol. The molecular weight excluding hydrogens is 550 g/mol. The lowest BCUT2D eigenvalue weighted by Gasteiger charge is -2.18. The predicted octanol–water partition coefficient (Wildman–Crippen LogP) is 6.43. The Hall–Kier alpha value is -5.51. The quantitative estimate of drug-likeness (QED) is 0.190. The molecule has 10 nitrogen and oxygen atoms in total. The van der Waals surface area contributed by atoms with E-state index in [1.54, 1.807) is 30.3 Å². The number of fused-ring (bicyclic) bond motifs is 1. The molecule has 0 aliphatic heterocycles. The number of benzene rings is 3. The molecule has 5 rings (SSSR count). The molecule has 0 aliphatic carbocycles. The van der Waals surface area contributed by atoms with E-state index in [1.807, 2.05) is 32.0 Å². The Morgan fingerprint density at radius 2 is 1.72 bits per heavy atom.